The van der Waals surface area contributed by atoms with Gasteiger partial charge in [-0.15, -0.1) is 0 Å². The maximum atomic E-state index is 9.56. The van der Waals surface area contributed by atoms with Crippen LogP contribution in [0.15, 0.2) is 34.7 Å². The van der Waals surface area contributed by atoms with E-state index in [-0.39, 0.29) is 6.61 Å². The van der Waals surface area contributed by atoms with Crippen molar-refractivity contribution in [3.63, 3.8) is 0 Å². The molecule has 2 heterocycles. The Morgan fingerprint density at radius 3 is 2.64 bits per heavy atom. The first-order chi connectivity index (χ1) is 13.6. The zero-order chi connectivity index (χ0) is 19.9. The minimum Gasteiger partial charge on any atom is -0.496 e. The fourth-order valence-corrected chi connectivity index (χ4v) is 3.95. The summed E-state index contributed by atoms with van der Waals surface area (Å²) in [5.41, 5.74) is 2.44. The van der Waals surface area contributed by atoms with E-state index >= 15 is 0 Å². The summed E-state index contributed by atoms with van der Waals surface area (Å²) in [6.07, 6.45) is 0.777. The van der Waals surface area contributed by atoms with Crippen LogP contribution in [0.5, 0.6) is 5.75 Å². The third kappa shape index (κ3) is 5.35. The normalized spacial score (nSPS) is 18.5. The molecule has 0 spiro atoms. The average molecular weight is 389 g/mol. The molecule has 0 unspecified atom stereocenters. The number of piperazine rings is 1. The monoisotopic (exact) mass is 388 g/mol. The van der Waals surface area contributed by atoms with Crippen LogP contribution in [0.1, 0.15) is 29.1 Å². The molecule has 0 radical (unpaired) electrons. The lowest BCUT2D eigenvalue weighted by Gasteiger charge is -2.41. The average Bonchev–Trinajstić information content (AvgIpc) is 3.11. The molecule has 154 valence electrons. The van der Waals surface area contributed by atoms with Crippen molar-refractivity contribution in [3.8, 4) is 5.75 Å². The standard InChI is InChI=1S/C22H32N2O4/c1-17-12-18(4-7-22(17)27-3)13-24-10-9-23(14-19(24)8-11-25)15-20-5-6-21(28-20)16-26-2/h4-7,12,19,25H,8-11,13-16H2,1-3H3/t19-/m1/s1. The molecule has 1 aliphatic heterocycles. The van der Waals surface area contributed by atoms with Gasteiger partial charge in [-0.05, 0) is 42.7 Å². The Morgan fingerprint density at radius 2 is 1.93 bits per heavy atom. The van der Waals surface area contributed by atoms with E-state index < -0.39 is 0 Å². The highest BCUT2D eigenvalue weighted by atomic mass is 16.5. The summed E-state index contributed by atoms with van der Waals surface area (Å²) in [4.78, 5) is 4.89. The molecule has 28 heavy (non-hydrogen) atoms. The molecule has 6 nitrogen and oxygen atoms in total. The molecule has 0 bridgehead atoms. The minimum absolute atomic E-state index is 0.204. The molecule has 6 heteroatoms. The van der Waals surface area contributed by atoms with Gasteiger partial charge in [0.15, 0.2) is 0 Å². The third-order valence-electron chi connectivity index (χ3n) is 5.38. The van der Waals surface area contributed by atoms with Gasteiger partial charge in [0.1, 0.15) is 23.9 Å². The van der Waals surface area contributed by atoms with Gasteiger partial charge in [0, 0.05) is 45.9 Å². The molecule has 0 saturated carbocycles. The Hall–Kier alpha value is -1.86. The van der Waals surface area contributed by atoms with E-state index in [1.807, 2.05) is 18.2 Å². The highest BCUT2D eigenvalue weighted by Gasteiger charge is 2.27. The Kier molecular flexibility index (Phi) is 7.50. The summed E-state index contributed by atoms with van der Waals surface area (Å²) in [7, 11) is 3.38. The van der Waals surface area contributed by atoms with E-state index in [0.29, 0.717) is 12.6 Å². The molecule has 1 N–H and O–H groups in total. The number of methoxy groups -OCH3 is 2. The van der Waals surface area contributed by atoms with Crippen molar-refractivity contribution in [2.45, 2.75) is 39.1 Å². The summed E-state index contributed by atoms with van der Waals surface area (Å²) < 4.78 is 16.3. The summed E-state index contributed by atoms with van der Waals surface area (Å²) in [6, 6.07) is 10.7. The number of aliphatic hydroxyl groups excluding tert-OH is 1. The largest absolute Gasteiger partial charge is 0.496 e. The number of ether oxygens (including phenoxy) is 2. The van der Waals surface area contributed by atoms with E-state index in [0.717, 1.165) is 62.0 Å². The number of hydrogen-bond acceptors (Lipinski definition) is 6. The van der Waals surface area contributed by atoms with Gasteiger partial charge in [-0.2, -0.15) is 0 Å². The number of rotatable bonds is 9. The lowest BCUT2D eigenvalue weighted by Crippen LogP contribution is -2.52. The molecule has 1 aliphatic rings. The maximum absolute atomic E-state index is 9.56. The third-order valence-corrected chi connectivity index (χ3v) is 5.38. The first-order valence-corrected chi connectivity index (χ1v) is 9.90. The second kappa shape index (κ2) is 10.1. The van der Waals surface area contributed by atoms with Gasteiger partial charge < -0.3 is 19.0 Å². The predicted molar refractivity (Wildman–Crippen MR) is 108 cm³/mol. The van der Waals surface area contributed by atoms with Crippen molar-refractivity contribution >= 4 is 0 Å². The van der Waals surface area contributed by atoms with Crippen molar-refractivity contribution < 1.29 is 19.0 Å². The van der Waals surface area contributed by atoms with Crippen LogP contribution in [0.3, 0.4) is 0 Å². The van der Waals surface area contributed by atoms with Crippen molar-refractivity contribution in [3.05, 3.63) is 53.0 Å². The zero-order valence-electron chi connectivity index (χ0n) is 17.2. The highest BCUT2D eigenvalue weighted by molar-refractivity contribution is 5.36. The van der Waals surface area contributed by atoms with Crippen LogP contribution in [0.25, 0.3) is 0 Å². The van der Waals surface area contributed by atoms with Crippen LogP contribution in [0.2, 0.25) is 0 Å². The molecule has 3 rings (SSSR count). The van der Waals surface area contributed by atoms with E-state index in [9.17, 15) is 5.11 Å². The van der Waals surface area contributed by atoms with E-state index in [1.165, 1.54) is 5.56 Å². The van der Waals surface area contributed by atoms with Gasteiger partial charge in [-0.3, -0.25) is 9.80 Å². The predicted octanol–water partition coefficient (Wildman–Crippen LogP) is 2.81. The van der Waals surface area contributed by atoms with Crippen molar-refractivity contribution in [1.29, 1.82) is 0 Å². The highest BCUT2D eigenvalue weighted by Crippen LogP contribution is 2.23. The lowest BCUT2D eigenvalue weighted by atomic mass is 10.1. The van der Waals surface area contributed by atoms with Crippen LogP contribution in [0.4, 0.5) is 0 Å². The van der Waals surface area contributed by atoms with Crippen LogP contribution < -0.4 is 4.74 Å². The molecular weight excluding hydrogens is 356 g/mol. The van der Waals surface area contributed by atoms with Gasteiger partial charge >= 0.3 is 0 Å². The van der Waals surface area contributed by atoms with E-state index in [2.05, 4.69) is 28.9 Å². The maximum Gasteiger partial charge on any atom is 0.129 e. The summed E-state index contributed by atoms with van der Waals surface area (Å²) in [5.74, 6) is 2.75. The number of aryl methyl sites for hydroxylation is 1. The second-order valence-electron chi connectivity index (χ2n) is 7.48. The molecule has 1 fully saturated rings. The van der Waals surface area contributed by atoms with Crippen LogP contribution in [-0.4, -0.2) is 61.4 Å². The van der Waals surface area contributed by atoms with Crippen LogP contribution in [0, 0.1) is 6.92 Å². The molecule has 1 aromatic heterocycles. The molecule has 0 aliphatic carbocycles. The Balaban J connectivity index is 1.61. The zero-order valence-corrected chi connectivity index (χ0v) is 17.2. The lowest BCUT2D eigenvalue weighted by molar-refractivity contribution is 0.0462. The Bertz CT molecular complexity index is 746. The molecule has 1 atom stereocenters. The number of benzene rings is 1. The van der Waals surface area contributed by atoms with Crippen molar-refractivity contribution in [2.75, 3.05) is 40.5 Å². The van der Waals surface area contributed by atoms with Crippen molar-refractivity contribution in [1.82, 2.24) is 9.80 Å². The summed E-state index contributed by atoms with van der Waals surface area (Å²) in [6.45, 7) is 7.35. The molecule has 1 saturated heterocycles. The second-order valence-corrected chi connectivity index (χ2v) is 7.48. The Labute approximate surface area is 167 Å². The van der Waals surface area contributed by atoms with Crippen molar-refractivity contribution in [2.24, 2.45) is 0 Å². The number of nitrogens with zero attached hydrogens (tertiary/aromatic N) is 2. The quantitative estimate of drug-likeness (QED) is 0.713. The van der Waals surface area contributed by atoms with Gasteiger partial charge in [0.2, 0.25) is 0 Å². The molecule has 1 aromatic carbocycles. The fraction of sp³-hybridized carbons (Fsp3) is 0.545. The summed E-state index contributed by atoms with van der Waals surface area (Å²) >= 11 is 0. The molecule has 0 amide bonds. The van der Waals surface area contributed by atoms with Gasteiger partial charge in [0.05, 0.1) is 13.7 Å². The van der Waals surface area contributed by atoms with Gasteiger partial charge in [0.25, 0.3) is 0 Å². The summed E-state index contributed by atoms with van der Waals surface area (Å²) in [5, 5.41) is 9.56. The fourth-order valence-electron chi connectivity index (χ4n) is 3.95. The van der Waals surface area contributed by atoms with E-state index in [1.54, 1.807) is 14.2 Å². The SMILES string of the molecule is COCc1ccc(CN2CCN(Cc3ccc(OC)c(C)c3)[C@H](CCO)C2)o1. The molecular formula is C22H32N2O4. The number of furan rings is 1. The number of hydrogen-bond donors (Lipinski definition) is 1. The topological polar surface area (TPSA) is 58.3 Å². The molecule has 2 aromatic rings. The smallest absolute Gasteiger partial charge is 0.129 e. The Morgan fingerprint density at radius 1 is 1.11 bits per heavy atom. The van der Waals surface area contributed by atoms with Gasteiger partial charge in [-0.25, -0.2) is 0 Å². The first-order valence-electron chi connectivity index (χ1n) is 9.90. The number of aliphatic hydroxyl groups is 1. The first kappa shape index (κ1) is 20.9. The van der Waals surface area contributed by atoms with E-state index in [4.69, 9.17) is 13.9 Å². The van der Waals surface area contributed by atoms with Crippen LogP contribution >= 0.6 is 0 Å². The van der Waals surface area contributed by atoms with Crippen LogP contribution in [-0.2, 0) is 24.4 Å². The minimum atomic E-state index is 0.204. The van der Waals surface area contributed by atoms with Gasteiger partial charge in [-0.1, -0.05) is 12.1 Å².